The summed E-state index contributed by atoms with van der Waals surface area (Å²) in [5, 5.41) is 3.73. The van der Waals surface area contributed by atoms with Gasteiger partial charge in [-0.15, -0.1) is 12.4 Å². The lowest BCUT2D eigenvalue weighted by Gasteiger charge is -2.40. The van der Waals surface area contributed by atoms with E-state index in [2.05, 4.69) is 5.16 Å². The Morgan fingerprint density at radius 3 is 2.19 bits per heavy atom. The Labute approximate surface area is 160 Å². The van der Waals surface area contributed by atoms with Crippen LogP contribution in [0.4, 0.5) is 0 Å². The minimum absolute atomic E-state index is 0. The third-order valence-corrected chi connectivity index (χ3v) is 7.41. The summed E-state index contributed by atoms with van der Waals surface area (Å²) in [6.45, 7) is 4.45. The van der Waals surface area contributed by atoms with Crippen molar-refractivity contribution in [3.05, 3.63) is 11.5 Å². The van der Waals surface area contributed by atoms with Crippen LogP contribution >= 0.6 is 12.4 Å². The molecule has 148 valence electrons. The molecule has 0 spiro atoms. The van der Waals surface area contributed by atoms with Gasteiger partial charge >= 0.3 is 0 Å². The molecule has 2 aliphatic rings. The van der Waals surface area contributed by atoms with Crippen molar-refractivity contribution in [1.29, 1.82) is 0 Å². The highest BCUT2D eigenvalue weighted by Crippen LogP contribution is 2.29. The van der Waals surface area contributed by atoms with Crippen LogP contribution in [0.1, 0.15) is 43.6 Å². The fraction of sp³-hybridized carbons (Fsp3) is 0.750. The Hall–Kier alpha value is -1.16. The number of nitrogens with zero attached hydrogens (tertiary/aromatic N) is 3. The van der Waals surface area contributed by atoms with Crippen molar-refractivity contribution >= 4 is 28.3 Å². The topological polar surface area (TPSA) is 110 Å². The Balaban J connectivity index is 0.00000243. The van der Waals surface area contributed by atoms with Crippen molar-refractivity contribution in [1.82, 2.24) is 14.4 Å². The lowest BCUT2D eigenvalue weighted by atomic mass is 9.81. The fourth-order valence-electron chi connectivity index (χ4n) is 3.81. The molecular weight excluding hydrogens is 380 g/mol. The molecule has 1 amide bonds. The number of carbonyl (C=O) groups excluding carboxylic acids is 1. The van der Waals surface area contributed by atoms with E-state index in [-0.39, 0.29) is 36.3 Å². The molecule has 2 fully saturated rings. The van der Waals surface area contributed by atoms with E-state index in [0.717, 1.165) is 19.3 Å². The summed E-state index contributed by atoms with van der Waals surface area (Å²) >= 11 is 0. The van der Waals surface area contributed by atoms with Crippen LogP contribution < -0.4 is 5.73 Å². The van der Waals surface area contributed by atoms with Gasteiger partial charge in [0, 0.05) is 26.2 Å². The van der Waals surface area contributed by atoms with Crippen LogP contribution in [0.3, 0.4) is 0 Å². The van der Waals surface area contributed by atoms with Crippen LogP contribution in [-0.2, 0) is 14.8 Å². The Morgan fingerprint density at radius 2 is 1.69 bits per heavy atom. The lowest BCUT2D eigenvalue weighted by Crippen LogP contribution is -2.60. The number of halogens is 1. The molecule has 0 atom stereocenters. The number of piperazine rings is 1. The second-order valence-corrected chi connectivity index (χ2v) is 8.94. The number of carbonyl (C=O) groups is 1. The van der Waals surface area contributed by atoms with Gasteiger partial charge in [-0.25, -0.2) is 8.42 Å². The molecule has 10 heteroatoms. The first-order valence-electron chi connectivity index (χ1n) is 8.77. The van der Waals surface area contributed by atoms with Gasteiger partial charge in [-0.05, 0) is 26.7 Å². The number of hydrogen-bond acceptors (Lipinski definition) is 6. The number of nitrogens with two attached hydrogens (primary N) is 1. The molecule has 0 bridgehead atoms. The van der Waals surface area contributed by atoms with E-state index in [0.29, 0.717) is 37.4 Å². The van der Waals surface area contributed by atoms with E-state index in [9.17, 15) is 13.2 Å². The van der Waals surface area contributed by atoms with Crippen LogP contribution in [0.2, 0.25) is 0 Å². The molecule has 8 nitrogen and oxygen atoms in total. The van der Waals surface area contributed by atoms with Gasteiger partial charge in [-0.3, -0.25) is 4.79 Å². The van der Waals surface area contributed by atoms with Gasteiger partial charge in [0.25, 0.3) is 0 Å². The highest BCUT2D eigenvalue weighted by atomic mass is 35.5. The van der Waals surface area contributed by atoms with Gasteiger partial charge in [0.1, 0.15) is 10.6 Å². The first-order valence-corrected chi connectivity index (χ1v) is 10.2. The number of hydrogen-bond donors (Lipinski definition) is 1. The van der Waals surface area contributed by atoms with Crippen LogP contribution in [0.5, 0.6) is 0 Å². The van der Waals surface area contributed by atoms with Gasteiger partial charge in [-0.2, -0.15) is 4.31 Å². The van der Waals surface area contributed by atoms with Crippen molar-refractivity contribution in [2.24, 2.45) is 5.73 Å². The van der Waals surface area contributed by atoms with E-state index in [1.54, 1.807) is 18.7 Å². The largest absolute Gasteiger partial charge is 0.360 e. The molecule has 1 aromatic heterocycles. The second kappa shape index (κ2) is 7.84. The molecular formula is C16H27ClN4O4S. The maximum Gasteiger partial charge on any atom is 0.248 e. The number of sulfonamides is 1. The Bertz CT molecular complexity index is 731. The van der Waals surface area contributed by atoms with Gasteiger partial charge in [0.05, 0.1) is 5.54 Å². The maximum atomic E-state index is 12.8. The van der Waals surface area contributed by atoms with Gasteiger partial charge in [-0.1, -0.05) is 24.4 Å². The summed E-state index contributed by atoms with van der Waals surface area (Å²) in [6.07, 6.45) is 4.49. The van der Waals surface area contributed by atoms with E-state index in [1.807, 2.05) is 0 Å². The second-order valence-electron chi connectivity index (χ2n) is 7.07. The molecule has 0 radical (unpaired) electrons. The van der Waals surface area contributed by atoms with Crippen molar-refractivity contribution in [3.63, 3.8) is 0 Å². The minimum Gasteiger partial charge on any atom is -0.360 e. The van der Waals surface area contributed by atoms with Gasteiger partial charge < -0.3 is 15.2 Å². The average Bonchev–Trinajstić information content (AvgIpc) is 2.94. The SMILES string of the molecule is Cc1noc(C)c1S(=O)(=O)N1CCN(C(=O)C2(N)CCCCC2)CC1.Cl. The summed E-state index contributed by atoms with van der Waals surface area (Å²) in [7, 11) is -3.66. The van der Waals surface area contributed by atoms with E-state index < -0.39 is 15.6 Å². The normalized spacial score (nSPS) is 21.3. The molecule has 26 heavy (non-hydrogen) atoms. The monoisotopic (exact) mass is 406 g/mol. The van der Waals surface area contributed by atoms with Crippen molar-refractivity contribution in [2.75, 3.05) is 26.2 Å². The summed E-state index contributed by atoms with van der Waals surface area (Å²) in [5.74, 6) is 0.251. The van der Waals surface area contributed by atoms with Gasteiger partial charge in [0.15, 0.2) is 5.76 Å². The molecule has 1 saturated carbocycles. The molecule has 0 aromatic carbocycles. The van der Waals surface area contributed by atoms with Crippen molar-refractivity contribution < 1.29 is 17.7 Å². The first kappa shape index (κ1) is 21.1. The van der Waals surface area contributed by atoms with E-state index in [1.165, 1.54) is 4.31 Å². The summed E-state index contributed by atoms with van der Waals surface area (Å²) in [5.41, 5.74) is 5.91. The molecule has 1 saturated heterocycles. The summed E-state index contributed by atoms with van der Waals surface area (Å²) < 4.78 is 32.0. The smallest absolute Gasteiger partial charge is 0.248 e. The number of amides is 1. The highest BCUT2D eigenvalue weighted by molar-refractivity contribution is 7.89. The molecule has 0 unspecified atom stereocenters. The predicted octanol–water partition coefficient (Wildman–Crippen LogP) is 1.21. The molecule has 1 aromatic rings. The maximum absolute atomic E-state index is 12.8. The molecule has 3 rings (SSSR count). The third kappa shape index (κ3) is 3.76. The Kier molecular flexibility index (Phi) is 6.37. The molecule has 1 aliphatic heterocycles. The predicted molar refractivity (Wildman–Crippen MR) is 98.6 cm³/mol. The number of aryl methyl sites for hydroxylation is 2. The van der Waals surface area contributed by atoms with Crippen molar-refractivity contribution in [3.8, 4) is 0 Å². The molecule has 2 heterocycles. The van der Waals surface area contributed by atoms with Crippen LogP contribution in [0.25, 0.3) is 0 Å². The zero-order valence-corrected chi connectivity index (χ0v) is 16.9. The zero-order chi connectivity index (χ0) is 18.2. The van der Waals surface area contributed by atoms with Gasteiger partial charge in [0.2, 0.25) is 15.9 Å². The molecule has 2 N–H and O–H groups in total. The lowest BCUT2D eigenvalue weighted by molar-refractivity contribution is -0.139. The first-order chi connectivity index (χ1) is 11.8. The van der Waals surface area contributed by atoms with E-state index >= 15 is 0 Å². The quantitative estimate of drug-likeness (QED) is 0.807. The highest BCUT2D eigenvalue weighted by Gasteiger charge is 2.41. The summed E-state index contributed by atoms with van der Waals surface area (Å²) in [4.78, 5) is 14.6. The third-order valence-electron chi connectivity index (χ3n) is 5.26. The summed E-state index contributed by atoms with van der Waals surface area (Å²) in [6, 6.07) is 0. The minimum atomic E-state index is -3.66. The van der Waals surface area contributed by atoms with E-state index in [4.69, 9.17) is 10.3 Å². The number of rotatable bonds is 3. The van der Waals surface area contributed by atoms with Crippen LogP contribution in [-0.4, -0.2) is 60.4 Å². The van der Waals surface area contributed by atoms with Crippen LogP contribution in [0, 0.1) is 13.8 Å². The fourth-order valence-corrected chi connectivity index (χ4v) is 5.53. The van der Waals surface area contributed by atoms with Crippen LogP contribution in [0.15, 0.2) is 9.42 Å². The number of aromatic nitrogens is 1. The zero-order valence-electron chi connectivity index (χ0n) is 15.2. The Morgan fingerprint density at radius 1 is 1.12 bits per heavy atom. The standard InChI is InChI=1S/C16H26N4O4S.ClH/c1-12-14(13(2)24-18-12)25(22,23)20-10-8-19(9-11-20)15(21)16(17)6-4-3-5-7-16;/h3-11,17H2,1-2H3;1H. The van der Waals surface area contributed by atoms with Crippen molar-refractivity contribution in [2.45, 2.75) is 56.4 Å². The molecule has 1 aliphatic carbocycles. The average molecular weight is 407 g/mol.